The molecular formula is C58H51BrF9N9O12. The number of nitrogens with one attached hydrogen (secondary N) is 2. The predicted molar refractivity (Wildman–Crippen MR) is 308 cm³/mol. The van der Waals surface area contributed by atoms with E-state index in [2.05, 4.69) is 21.2 Å². The Morgan fingerprint density at radius 1 is 0.472 bits per heavy atom. The van der Waals surface area contributed by atoms with Crippen molar-refractivity contribution in [3.05, 3.63) is 228 Å². The summed E-state index contributed by atoms with van der Waals surface area (Å²) in [4.78, 5) is 54.4. The number of nitro benzene ring substituents is 3. The molecule has 0 radical (unpaired) electrons. The average Bonchev–Trinajstić information content (AvgIpc) is 1.66. The van der Waals surface area contributed by atoms with Crippen LogP contribution in [0, 0.1) is 30.3 Å². The topological polar surface area (TPSA) is 309 Å². The van der Waals surface area contributed by atoms with Gasteiger partial charge in [0.1, 0.15) is 6.61 Å². The van der Waals surface area contributed by atoms with Gasteiger partial charge in [0.2, 0.25) is 23.0 Å². The minimum atomic E-state index is -5.19. The quantitative estimate of drug-likeness (QED) is 0.0172. The molecule has 3 atom stereocenters. The van der Waals surface area contributed by atoms with Crippen molar-refractivity contribution in [2.75, 3.05) is 31.6 Å². The van der Waals surface area contributed by atoms with Crippen LogP contribution in [0.4, 0.5) is 56.6 Å². The first kappa shape index (κ1) is 67.2. The summed E-state index contributed by atoms with van der Waals surface area (Å²) >= 11 is 2.85. The van der Waals surface area contributed by atoms with Gasteiger partial charge in [-0.2, -0.15) is 39.5 Å². The lowest BCUT2D eigenvalue weighted by Gasteiger charge is -2.30. The smallest absolute Gasteiger partial charge is 0.387 e. The molecule has 0 fully saturated rings. The molecule has 0 aliphatic rings. The second kappa shape index (κ2) is 27.0. The molecule has 470 valence electrons. The summed E-state index contributed by atoms with van der Waals surface area (Å²) in [5.74, 6) is -1.82. The van der Waals surface area contributed by atoms with E-state index in [4.69, 9.17) is 10.8 Å². The minimum absolute atomic E-state index is 0.00514. The molecule has 3 heterocycles. The van der Waals surface area contributed by atoms with E-state index >= 15 is 0 Å². The Bertz CT molecular complexity index is 3860. The molecule has 9 aromatic rings. The molecule has 31 heteroatoms. The Labute approximate surface area is 504 Å². The number of amides is 2. The fraction of sp³-hybridized carbons (Fsp3) is 0.241. The number of halogens is 10. The average molecular weight is 1320 g/mol. The zero-order chi connectivity index (χ0) is 65.4. The molecule has 0 spiro atoms. The summed E-state index contributed by atoms with van der Waals surface area (Å²) < 4.78 is 129. The van der Waals surface area contributed by atoms with E-state index < -0.39 is 105 Å². The van der Waals surface area contributed by atoms with Gasteiger partial charge in [0.15, 0.2) is 5.60 Å². The summed E-state index contributed by atoms with van der Waals surface area (Å²) in [7, 11) is 0. The van der Waals surface area contributed by atoms with Crippen molar-refractivity contribution in [3.8, 4) is 0 Å². The highest BCUT2D eigenvalue weighted by Gasteiger charge is 2.58. The maximum absolute atomic E-state index is 14.0. The van der Waals surface area contributed by atoms with Gasteiger partial charge < -0.3 is 50.5 Å². The van der Waals surface area contributed by atoms with E-state index in [1.807, 2.05) is 5.32 Å². The monoisotopic (exact) mass is 1320 g/mol. The van der Waals surface area contributed by atoms with Gasteiger partial charge in [0, 0.05) is 114 Å². The minimum Gasteiger partial charge on any atom is -0.387 e. The van der Waals surface area contributed by atoms with Gasteiger partial charge in [-0.1, -0.05) is 107 Å². The van der Waals surface area contributed by atoms with Gasteiger partial charge in [0.25, 0.3) is 17.1 Å². The van der Waals surface area contributed by atoms with E-state index in [1.54, 1.807) is 91.0 Å². The van der Waals surface area contributed by atoms with Gasteiger partial charge in [-0.25, -0.2) is 0 Å². The van der Waals surface area contributed by atoms with E-state index in [1.165, 1.54) is 31.9 Å². The molecule has 3 unspecified atom stereocenters. The van der Waals surface area contributed by atoms with Crippen LogP contribution >= 0.6 is 15.9 Å². The number of aromatic nitrogens is 3. The van der Waals surface area contributed by atoms with Crippen molar-refractivity contribution >= 4 is 77.5 Å². The summed E-state index contributed by atoms with van der Waals surface area (Å²) in [5.41, 5.74) is -4.53. The Morgan fingerprint density at radius 2 is 0.753 bits per heavy atom. The number of hydrogen-bond acceptors (Lipinski definition) is 13. The highest BCUT2D eigenvalue weighted by molar-refractivity contribution is 9.09. The zero-order valence-electron chi connectivity index (χ0n) is 45.8. The number of aliphatic hydroxyl groups excluding tert-OH is 1. The number of carbonyl (C=O) groups is 2. The summed E-state index contributed by atoms with van der Waals surface area (Å²) in [5, 5.41) is 77.6. The summed E-state index contributed by atoms with van der Waals surface area (Å²) in [6.45, 7) is -4.07. The largest absolute Gasteiger partial charge is 0.423 e. The van der Waals surface area contributed by atoms with E-state index in [9.17, 15) is 94.8 Å². The molecule has 0 bridgehead atoms. The molecule has 9 rings (SSSR count). The van der Waals surface area contributed by atoms with E-state index in [0.29, 0.717) is 0 Å². The number of alkyl halides is 10. The first-order chi connectivity index (χ1) is 41.8. The first-order valence-corrected chi connectivity index (χ1v) is 27.2. The maximum atomic E-state index is 14.0. The zero-order valence-corrected chi connectivity index (χ0v) is 47.4. The molecule has 0 saturated heterocycles. The molecule has 0 aliphatic carbocycles. The Hall–Kier alpha value is -9.27. The second-order valence-corrected chi connectivity index (χ2v) is 20.5. The number of nitrogens with two attached hydrogens (primary N) is 1. The Morgan fingerprint density at radius 3 is 1.00 bits per heavy atom. The predicted octanol–water partition coefficient (Wildman–Crippen LogP) is 9.62. The Kier molecular flexibility index (Phi) is 20.4. The number of carbonyl (C=O) groups excluding carboxylic acids is 2. The lowest BCUT2D eigenvalue weighted by molar-refractivity contribution is -0.384. The van der Waals surface area contributed by atoms with Crippen molar-refractivity contribution in [1.29, 1.82) is 0 Å². The third-order valence-corrected chi connectivity index (χ3v) is 14.7. The summed E-state index contributed by atoms with van der Waals surface area (Å²) in [6, 6.07) is 36.6. The molecule has 2 amide bonds. The van der Waals surface area contributed by atoms with Crippen molar-refractivity contribution in [1.82, 2.24) is 24.3 Å². The van der Waals surface area contributed by atoms with Gasteiger partial charge in [-0.15, -0.1) is 0 Å². The van der Waals surface area contributed by atoms with Gasteiger partial charge in [-0.05, 0) is 34.9 Å². The normalized spacial score (nSPS) is 13.9. The van der Waals surface area contributed by atoms with Crippen molar-refractivity contribution in [2.24, 2.45) is 5.73 Å². The van der Waals surface area contributed by atoms with Crippen LogP contribution in [0.25, 0.3) is 32.7 Å². The summed E-state index contributed by atoms with van der Waals surface area (Å²) in [6.07, 6.45) is -12.0. The number of rotatable bonds is 19. The van der Waals surface area contributed by atoms with Gasteiger partial charge in [-0.3, -0.25) is 39.9 Å². The molecule has 6 aromatic carbocycles. The highest BCUT2D eigenvalue weighted by Crippen LogP contribution is 2.46. The fourth-order valence-electron chi connectivity index (χ4n) is 9.53. The molecule has 0 saturated carbocycles. The number of hydrogen-bond donors (Lipinski definition) is 7. The molecule has 89 heavy (non-hydrogen) atoms. The number of nitro groups is 3. The van der Waals surface area contributed by atoms with Gasteiger partial charge in [0.05, 0.1) is 49.7 Å². The van der Waals surface area contributed by atoms with Crippen molar-refractivity contribution < 1.29 is 84.3 Å². The van der Waals surface area contributed by atoms with Gasteiger partial charge >= 0.3 is 18.5 Å². The fourth-order valence-corrected chi connectivity index (χ4v) is 9.73. The lowest BCUT2D eigenvalue weighted by atomic mass is 9.92. The van der Waals surface area contributed by atoms with Crippen molar-refractivity contribution in [3.63, 3.8) is 0 Å². The number of nitrogens with zero attached hydrogens (tertiary/aromatic N) is 6. The maximum Gasteiger partial charge on any atom is 0.423 e. The van der Waals surface area contributed by atoms with Crippen LogP contribution < -0.4 is 16.4 Å². The third-order valence-electron chi connectivity index (χ3n) is 14.2. The van der Waals surface area contributed by atoms with Crippen LogP contribution in [0.1, 0.15) is 33.4 Å². The Balaban J connectivity index is 0.000000191. The lowest BCUT2D eigenvalue weighted by Crippen LogP contribution is -2.51. The van der Waals surface area contributed by atoms with Crippen LogP contribution in [0.15, 0.2) is 164 Å². The number of non-ortho nitro benzene ring substituents is 3. The van der Waals surface area contributed by atoms with Crippen LogP contribution in [-0.4, -0.2) is 111 Å². The molecule has 3 aromatic heterocycles. The van der Waals surface area contributed by atoms with Crippen LogP contribution in [0.2, 0.25) is 0 Å². The van der Waals surface area contributed by atoms with Crippen LogP contribution in [0.3, 0.4) is 0 Å². The molecule has 0 aliphatic heterocycles. The second-order valence-electron chi connectivity index (χ2n) is 20.0. The molecule has 8 N–H and O–H groups in total. The molecular weight excluding hydrogens is 1270 g/mol. The number of aliphatic hydroxyl groups is 4. The SMILES string of the molecule is NCC(O)(c1cn(Cc2ccccc2)c2cc([N+](=O)[O-])ccc12)C(F)(F)F.O=C(CBr)NCC(O)(c1cn(Cc2ccccc2)c2cc([N+](=O)[O-])ccc12)C(F)(F)F.O=C(CO)NCC(O)(c1cn(Cc2ccccc2)c2cc([N+](=O)[O-])ccc12)C(F)(F)F. The number of fused-ring (bicyclic) bond motifs is 3. The highest BCUT2D eigenvalue weighted by atomic mass is 79.9. The van der Waals surface area contributed by atoms with Crippen LogP contribution in [0.5, 0.6) is 0 Å². The first-order valence-electron chi connectivity index (χ1n) is 26.0. The van der Waals surface area contributed by atoms with Crippen molar-refractivity contribution in [2.45, 2.75) is 55.0 Å². The molecule has 21 nitrogen and oxygen atoms in total. The van der Waals surface area contributed by atoms with E-state index in [0.717, 1.165) is 71.7 Å². The van der Waals surface area contributed by atoms with E-state index in [-0.39, 0.29) is 74.7 Å². The third kappa shape index (κ3) is 14.7. The number of benzene rings is 6. The standard InChI is InChI=1S/C20H17BrF3N3O4.C20H18F3N3O5.C18H16F3N3O3/c21-9-18(28)25-12-19(29,20(22,23)24)16-11-26(10-13-4-2-1-3-5-13)17-8-14(27(30)31)6-7-15(16)17;21-20(22,23)19(29,12-24-18(28)11-27)16-10-25(9-13-4-2-1-3-5-13)17-8-14(26(30)31)6-7-15(16)17;19-18(20,21)17(25,11-22)15-10-23(9-12-4-2-1-3-5-12)16-8-13(24(26)27)6-7-14(15)16/h1-8,11,29H,9-10,12H2,(H,25,28);1-8,10,27,29H,9,11-12H2,(H,24,28);1-8,10,25H,9,11,22H2. The van der Waals surface area contributed by atoms with Crippen LogP contribution in [-0.2, 0) is 46.0 Å².